The molecule has 1 atom stereocenters. The molecule has 0 saturated carbocycles. The number of carbonyl (C=O) groups excluding carboxylic acids is 1. The Hall–Kier alpha value is -1.84. The molecule has 1 aliphatic heterocycles. The Bertz CT molecular complexity index is 708. The van der Waals surface area contributed by atoms with E-state index in [2.05, 4.69) is 22.3 Å². The van der Waals surface area contributed by atoms with Gasteiger partial charge in [0.05, 0.1) is 24.2 Å². The lowest BCUT2D eigenvalue weighted by molar-refractivity contribution is -0.122. The molecule has 0 saturated heterocycles. The second-order valence-corrected chi connectivity index (χ2v) is 7.76. The highest BCUT2D eigenvalue weighted by atomic mass is 32.2. The number of sulfonamides is 1. The topological polar surface area (TPSA) is 106 Å². The maximum atomic E-state index is 12.5. The van der Waals surface area contributed by atoms with Crippen LogP contribution in [0.1, 0.15) is 26.7 Å². The van der Waals surface area contributed by atoms with Crippen molar-refractivity contribution in [1.29, 1.82) is 0 Å². The summed E-state index contributed by atoms with van der Waals surface area (Å²) in [4.78, 5) is 12.1. The molecular formula is C17H27N3O5S. The minimum absolute atomic E-state index is 0.0333. The van der Waals surface area contributed by atoms with E-state index in [9.17, 15) is 13.2 Å². The molecule has 1 aromatic carbocycles. The lowest BCUT2D eigenvalue weighted by Crippen LogP contribution is -2.46. The zero-order valence-electron chi connectivity index (χ0n) is 15.2. The normalized spacial score (nSPS) is 15.2. The van der Waals surface area contributed by atoms with Gasteiger partial charge in [-0.15, -0.1) is 0 Å². The first kappa shape index (κ1) is 20.5. The van der Waals surface area contributed by atoms with Gasteiger partial charge in [0.25, 0.3) is 0 Å². The van der Waals surface area contributed by atoms with E-state index in [-0.39, 0.29) is 10.8 Å². The Balaban J connectivity index is 1.95. The monoisotopic (exact) mass is 385 g/mol. The second-order valence-electron chi connectivity index (χ2n) is 6.04. The van der Waals surface area contributed by atoms with E-state index in [1.165, 1.54) is 19.1 Å². The van der Waals surface area contributed by atoms with Crippen molar-refractivity contribution in [3.8, 4) is 11.5 Å². The minimum Gasteiger partial charge on any atom is -0.490 e. The molecule has 0 radical (unpaired) electrons. The van der Waals surface area contributed by atoms with Gasteiger partial charge in [0.1, 0.15) is 0 Å². The van der Waals surface area contributed by atoms with Crippen molar-refractivity contribution in [3.05, 3.63) is 18.2 Å². The molecule has 0 aromatic heterocycles. The summed E-state index contributed by atoms with van der Waals surface area (Å²) in [7, 11) is -3.85. The maximum absolute atomic E-state index is 12.5. The van der Waals surface area contributed by atoms with E-state index < -0.39 is 16.1 Å². The molecule has 1 unspecified atom stereocenters. The number of ether oxygens (including phenoxy) is 2. The molecule has 26 heavy (non-hydrogen) atoms. The highest BCUT2D eigenvalue weighted by Gasteiger charge is 2.23. The van der Waals surface area contributed by atoms with Gasteiger partial charge in [-0.3, -0.25) is 4.79 Å². The van der Waals surface area contributed by atoms with Gasteiger partial charge < -0.3 is 20.1 Å². The van der Waals surface area contributed by atoms with E-state index in [4.69, 9.17) is 9.47 Å². The number of amides is 1. The average Bonchev–Trinajstić information content (AvgIpc) is 2.85. The molecular weight excluding hydrogens is 358 g/mol. The molecule has 8 nitrogen and oxygen atoms in total. The van der Waals surface area contributed by atoms with Crippen molar-refractivity contribution in [2.45, 2.75) is 37.6 Å². The van der Waals surface area contributed by atoms with Gasteiger partial charge in [0.2, 0.25) is 15.9 Å². The predicted octanol–water partition coefficient (Wildman–Crippen LogP) is 0.631. The summed E-state index contributed by atoms with van der Waals surface area (Å²) in [5, 5.41) is 5.86. The average molecular weight is 385 g/mol. The third-order valence-corrected chi connectivity index (χ3v) is 5.32. The summed E-state index contributed by atoms with van der Waals surface area (Å²) in [6.45, 7) is 6.52. The quantitative estimate of drug-likeness (QED) is 0.539. The lowest BCUT2D eigenvalue weighted by atomic mass is 10.3. The number of hydrogen-bond donors (Lipinski definition) is 3. The Morgan fingerprint density at radius 3 is 2.62 bits per heavy atom. The molecule has 0 spiro atoms. The van der Waals surface area contributed by atoms with Crippen LogP contribution in [0.4, 0.5) is 0 Å². The fourth-order valence-electron chi connectivity index (χ4n) is 2.39. The minimum atomic E-state index is -3.85. The van der Waals surface area contributed by atoms with Crippen LogP contribution in [-0.2, 0) is 14.8 Å². The summed E-state index contributed by atoms with van der Waals surface area (Å²) in [5.74, 6) is 0.539. The standard InChI is InChI=1S/C17H27N3O5S/c1-3-7-18-8-9-19-17(21)13(2)20-26(22,23)14-5-6-15-16(12-14)25-11-4-10-24-15/h5-6,12-13,18,20H,3-4,7-11H2,1-2H3,(H,19,21). The summed E-state index contributed by atoms with van der Waals surface area (Å²) < 4.78 is 38.5. The van der Waals surface area contributed by atoms with Crippen LogP contribution in [0.15, 0.2) is 23.1 Å². The number of carbonyl (C=O) groups is 1. The van der Waals surface area contributed by atoms with Crippen LogP contribution >= 0.6 is 0 Å². The number of fused-ring (bicyclic) bond motifs is 1. The molecule has 0 aliphatic carbocycles. The highest BCUT2D eigenvalue weighted by Crippen LogP contribution is 2.31. The van der Waals surface area contributed by atoms with Gasteiger partial charge in [-0.05, 0) is 32.0 Å². The van der Waals surface area contributed by atoms with Crippen molar-refractivity contribution >= 4 is 15.9 Å². The van der Waals surface area contributed by atoms with Crippen LogP contribution in [0, 0.1) is 0 Å². The van der Waals surface area contributed by atoms with Gasteiger partial charge in [-0.2, -0.15) is 4.72 Å². The largest absolute Gasteiger partial charge is 0.490 e. The van der Waals surface area contributed by atoms with Crippen molar-refractivity contribution in [1.82, 2.24) is 15.4 Å². The van der Waals surface area contributed by atoms with E-state index in [0.717, 1.165) is 19.4 Å². The van der Waals surface area contributed by atoms with Gasteiger partial charge in [-0.1, -0.05) is 6.92 Å². The molecule has 1 amide bonds. The predicted molar refractivity (Wildman–Crippen MR) is 98.0 cm³/mol. The first-order chi connectivity index (χ1) is 12.4. The number of hydrogen-bond acceptors (Lipinski definition) is 6. The molecule has 0 bridgehead atoms. The fraction of sp³-hybridized carbons (Fsp3) is 0.588. The summed E-state index contributed by atoms with van der Waals surface area (Å²) in [6, 6.07) is 3.54. The zero-order valence-corrected chi connectivity index (χ0v) is 16.0. The summed E-state index contributed by atoms with van der Waals surface area (Å²) in [5.41, 5.74) is 0. The Morgan fingerprint density at radius 2 is 1.88 bits per heavy atom. The zero-order chi connectivity index (χ0) is 19.0. The molecule has 3 N–H and O–H groups in total. The fourth-order valence-corrected chi connectivity index (χ4v) is 3.61. The van der Waals surface area contributed by atoms with E-state index in [1.54, 1.807) is 6.07 Å². The van der Waals surface area contributed by atoms with Crippen LogP contribution in [0.5, 0.6) is 11.5 Å². The van der Waals surface area contributed by atoms with Crippen LogP contribution < -0.4 is 24.8 Å². The maximum Gasteiger partial charge on any atom is 0.241 e. The molecule has 2 rings (SSSR count). The Kier molecular flexibility index (Phi) is 7.67. The van der Waals surface area contributed by atoms with Gasteiger partial charge >= 0.3 is 0 Å². The molecule has 9 heteroatoms. The first-order valence-corrected chi connectivity index (χ1v) is 10.3. The third kappa shape index (κ3) is 5.86. The lowest BCUT2D eigenvalue weighted by Gasteiger charge is -2.15. The summed E-state index contributed by atoms with van der Waals surface area (Å²) >= 11 is 0. The molecule has 1 heterocycles. The Labute approximate surface area is 154 Å². The van der Waals surface area contributed by atoms with Crippen LogP contribution in [0.2, 0.25) is 0 Å². The molecule has 1 aliphatic rings. The van der Waals surface area contributed by atoms with Crippen LogP contribution in [0.25, 0.3) is 0 Å². The first-order valence-electron chi connectivity index (χ1n) is 8.84. The van der Waals surface area contributed by atoms with E-state index in [1.807, 2.05) is 0 Å². The smallest absolute Gasteiger partial charge is 0.241 e. The van der Waals surface area contributed by atoms with E-state index >= 15 is 0 Å². The van der Waals surface area contributed by atoms with Crippen LogP contribution in [0.3, 0.4) is 0 Å². The number of rotatable bonds is 9. The van der Waals surface area contributed by atoms with Crippen molar-refractivity contribution < 1.29 is 22.7 Å². The SMILES string of the molecule is CCCNCCNC(=O)C(C)NS(=O)(=O)c1ccc2c(c1)OCCCO2. The molecule has 0 fully saturated rings. The molecule has 146 valence electrons. The number of benzene rings is 1. The molecule has 1 aromatic rings. The van der Waals surface area contributed by atoms with Crippen molar-refractivity contribution in [2.75, 3.05) is 32.8 Å². The van der Waals surface area contributed by atoms with E-state index in [0.29, 0.717) is 37.8 Å². The second kappa shape index (κ2) is 9.75. The third-order valence-electron chi connectivity index (χ3n) is 3.78. The van der Waals surface area contributed by atoms with Gasteiger partial charge in [0, 0.05) is 25.6 Å². The highest BCUT2D eigenvalue weighted by molar-refractivity contribution is 7.89. The Morgan fingerprint density at radius 1 is 1.15 bits per heavy atom. The van der Waals surface area contributed by atoms with Crippen molar-refractivity contribution in [2.24, 2.45) is 0 Å². The van der Waals surface area contributed by atoms with Gasteiger partial charge in [-0.25, -0.2) is 8.42 Å². The number of nitrogens with one attached hydrogen (secondary N) is 3. The van der Waals surface area contributed by atoms with Gasteiger partial charge in [0.15, 0.2) is 11.5 Å². The van der Waals surface area contributed by atoms with Crippen LogP contribution in [-0.4, -0.2) is 53.2 Å². The summed E-state index contributed by atoms with van der Waals surface area (Å²) in [6.07, 6.45) is 1.75. The van der Waals surface area contributed by atoms with Crippen molar-refractivity contribution in [3.63, 3.8) is 0 Å².